The molecule has 1 atom stereocenters. The Kier molecular flexibility index (Phi) is 6.03. The first-order valence-corrected chi connectivity index (χ1v) is 9.77. The van der Waals surface area contributed by atoms with Crippen molar-refractivity contribution in [1.82, 2.24) is 4.90 Å². The molecule has 0 aromatic heterocycles. The highest BCUT2D eigenvalue weighted by Gasteiger charge is 2.17. The summed E-state index contributed by atoms with van der Waals surface area (Å²) in [5, 5.41) is 3.13. The van der Waals surface area contributed by atoms with E-state index in [9.17, 15) is 13.2 Å². The average Bonchev–Trinajstić information content (AvgIpc) is 2.55. The van der Waals surface area contributed by atoms with Crippen LogP contribution in [0, 0.1) is 0 Å². The Morgan fingerprint density at radius 2 is 1.60 bits per heavy atom. The lowest BCUT2D eigenvalue weighted by Crippen LogP contribution is -2.38. The van der Waals surface area contributed by atoms with Crippen LogP contribution in [0.25, 0.3) is 0 Å². The van der Waals surface area contributed by atoms with Gasteiger partial charge in [-0.25, -0.2) is 8.42 Å². The number of sulfonamides is 1. The summed E-state index contributed by atoms with van der Waals surface area (Å²) in [4.78, 5) is 14.2. The molecule has 0 heterocycles. The van der Waals surface area contributed by atoms with Gasteiger partial charge in [0, 0.05) is 25.0 Å². The molecule has 25 heavy (non-hydrogen) atoms. The molecule has 0 aliphatic heterocycles. The number of benzene rings is 2. The number of hydrogen-bond donors (Lipinski definition) is 2. The molecule has 2 rings (SSSR count). The molecule has 1 amide bonds. The van der Waals surface area contributed by atoms with Crippen LogP contribution in [-0.4, -0.2) is 38.6 Å². The quantitative estimate of drug-likeness (QED) is 0.794. The van der Waals surface area contributed by atoms with Crippen LogP contribution in [0.2, 0.25) is 0 Å². The highest BCUT2D eigenvalue weighted by atomic mass is 32.2. The van der Waals surface area contributed by atoms with Crippen molar-refractivity contribution >= 4 is 27.3 Å². The second-order valence-corrected chi connectivity index (χ2v) is 7.75. The average molecular weight is 361 g/mol. The number of nitrogens with zero attached hydrogens (tertiary/aromatic N) is 1. The molecule has 0 bridgehead atoms. The smallest absolute Gasteiger partial charge is 0.244 e. The number of amides is 1. The van der Waals surface area contributed by atoms with Crippen molar-refractivity contribution in [2.75, 3.05) is 23.3 Å². The Labute approximate surface area is 148 Å². The SMILES string of the molecule is CC(Nc1ccc(NS(C)(=O)=O)cc1)C(=O)N(C)Cc1ccccc1. The van der Waals surface area contributed by atoms with Crippen molar-refractivity contribution in [3.63, 3.8) is 0 Å². The van der Waals surface area contributed by atoms with Crippen molar-refractivity contribution < 1.29 is 13.2 Å². The van der Waals surface area contributed by atoms with Crippen molar-refractivity contribution in [2.24, 2.45) is 0 Å². The second kappa shape index (κ2) is 8.02. The fourth-order valence-corrected chi connectivity index (χ4v) is 2.99. The van der Waals surface area contributed by atoms with Crippen LogP contribution < -0.4 is 10.0 Å². The Hall–Kier alpha value is -2.54. The van der Waals surface area contributed by atoms with Gasteiger partial charge in [0.2, 0.25) is 15.9 Å². The summed E-state index contributed by atoms with van der Waals surface area (Å²) in [5.41, 5.74) is 2.29. The summed E-state index contributed by atoms with van der Waals surface area (Å²) in [6.45, 7) is 2.34. The predicted octanol–water partition coefficient (Wildman–Crippen LogP) is 2.52. The van der Waals surface area contributed by atoms with Crippen LogP contribution >= 0.6 is 0 Å². The minimum atomic E-state index is -3.30. The number of hydrogen-bond acceptors (Lipinski definition) is 4. The number of nitrogens with one attached hydrogen (secondary N) is 2. The van der Waals surface area contributed by atoms with Gasteiger partial charge < -0.3 is 10.2 Å². The Morgan fingerprint density at radius 1 is 1.04 bits per heavy atom. The van der Waals surface area contributed by atoms with Crippen molar-refractivity contribution in [3.8, 4) is 0 Å². The van der Waals surface area contributed by atoms with E-state index in [1.54, 1.807) is 43.1 Å². The van der Waals surface area contributed by atoms with Crippen LogP contribution in [0.4, 0.5) is 11.4 Å². The predicted molar refractivity (Wildman–Crippen MR) is 101 cm³/mol. The summed E-state index contributed by atoms with van der Waals surface area (Å²) >= 11 is 0. The molecule has 6 nitrogen and oxygen atoms in total. The molecule has 134 valence electrons. The van der Waals surface area contributed by atoms with E-state index in [-0.39, 0.29) is 5.91 Å². The fourth-order valence-electron chi connectivity index (χ4n) is 2.43. The fraction of sp³-hybridized carbons (Fsp3) is 0.278. The molecule has 0 saturated heterocycles. The summed E-state index contributed by atoms with van der Waals surface area (Å²) in [6, 6.07) is 16.2. The van der Waals surface area contributed by atoms with Gasteiger partial charge in [0.25, 0.3) is 0 Å². The van der Waals surface area contributed by atoms with E-state index in [1.165, 1.54) is 0 Å². The van der Waals surface area contributed by atoms with Gasteiger partial charge in [-0.1, -0.05) is 30.3 Å². The monoisotopic (exact) mass is 361 g/mol. The van der Waals surface area contributed by atoms with E-state index >= 15 is 0 Å². The lowest BCUT2D eigenvalue weighted by atomic mass is 10.2. The second-order valence-electron chi connectivity index (χ2n) is 6.00. The molecule has 0 radical (unpaired) electrons. The van der Waals surface area contributed by atoms with E-state index in [0.717, 1.165) is 17.5 Å². The maximum atomic E-state index is 12.5. The summed E-state index contributed by atoms with van der Waals surface area (Å²) in [6.07, 6.45) is 1.10. The number of carbonyl (C=O) groups is 1. The molecule has 0 aliphatic carbocycles. The molecular weight excluding hydrogens is 338 g/mol. The summed E-state index contributed by atoms with van der Waals surface area (Å²) in [5.74, 6) is -0.0257. The van der Waals surface area contributed by atoms with Gasteiger partial charge in [-0.3, -0.25) is 9.52 Å². The topological polar surface area (TPSA) is 78.5 Å². The maximum Gasteiger partial charge on any atom is 0.244 e. The normalized spacial score (nSPS) is 12.3. The van der Waals surface area contributed by atoms with Crippen molar-refractivity contribution in [3.05, 3.63) is 60.2 Å². The van der Waals surface area contributed by atoms with E-state index in [1.807, 2.05) is 30.3 Å². The molecule has 0 spiro atoms. The largest absolute Gasteiger partial charge is 0.374 e. The first-order chi connectivity index (χ1) is 11.7. The van der Waals surface area contributed by atoms with Crippen LogP contribution in [0.1, 0.15) is 12.5 Å². The van der Waals surface area contributed by atoms with Gasteiger partial charge in [0.05, 0.1) is 6.26 Å². The molecule has 2 aromatic rings. The van der Waals surface area contributed by atoms with E-state index in [0.29, 0.717) is 12.2 Å². The van der Waals surface area contributed by atoms with E-state index in [4.69, 9.17) is 0 Å². The zero-order chi connectivity index (χ0) is 18.4. The molecule has 7 heteroatoms. The Bertz CT molecular complexity index is 805. The Balaban J connectivity index is 1.94. The van der Waals surface area contributed by atoms with Crippen LogP contribution in [0.15, 0.2) is 54.6 Å². The highest BCUT2D eigenvalue weighted by molar-refractivity contribution is 7.92. The van der Waals surface area contributed by atoms with Gasteiger partial charge in [0.1, 0.15) is 6.04 Å². The van der Waals surface area contributed by atoms with Gasteiger partial charge >= 0.3 is 0 Å². The molecule has 2 N–H and O–H groups in total. The van der Waals surface area contributed by atoms with Gasteiger partial charge in [-0.2, -0.15) is 0 Å². The van der Waals surface area contributed by atoms with Crippen LogP contribution in [-0.2, 0) is 21.4 Å². The Morgan fingerprint density at radius 3 is 2.16 bits per heavy atom. The highest BCUT2D eigenvalue weighted by Crippen LogP contribution is 2.16. The maximum absolute atomic E-state index is 12.5. The lowest BCUT2D eigenvalue weighted by Gasteiger charge is -2.23. The molecule has 2 aromatic carbocycles. The van der Waals surface area contributed by atoms with E-state index < -0.39 is 16.1 Å². The standard InChI is InChI=1S/C18H23N3O3S/c1-14(18(22)21(2)13-15-7-5-4-6-8-15)19-16-9-11-17(12-10-16)20-25(3,23)24/h4-12,14,19-20H,13H2,1-3H3. The minimum absolute atomic E-state index is 0.0257. The van der Waals surface area contributed by atoms with Gasteiger partial charge in [-0.05, 0) is 36.8 Å². The third-order valence-electron chi connectivity index (χ3n) is 3.58. The van der Waals surface area contributed by atoms with Crippen LogP contribution in [0.3, 0.4) is 0 Å². The van der Waals surface area contributed by atoms with Gasteiger partial charge in [0.15, 0.2) is 0 Å². The first kappa shape index (κ1) is 18.8. The number of carbonyl (C=O) groups excluding carboxylic acids is 1. The number of likely N-dealkylation sites (N-methyl/N-ethyl adjacent to an activating group) is 1. The zero-order valence-electron chi connectivity index (χ0n) is 14.6. The first-order valence-electron chi connectivity index (χ1n) is 7.88. The van der Waals surface area contributed by atoms with Gasteiger partial charge in [-0.15, -0.1) is 0 Å². The number of anilines is 2. The minimum Gasteiger partial charge on any atom is -0.374 e. The van der Waals surface area contributed by atoms with Crippen LogP contribution in [0.5, 0.6) is 0 Å². The molecule has 0 aliphatic rings. The molecule has 0 saturated carbocycles. The van der Waals surface area contributed by atoms with Crippen molar-refractivity contribution in [1.29, 1.82) is 0 Å². The third kappa shape index (κ3) is 6.11. The van der Waals surface area contributed by atoms with E-state index in [2.05, 4.69) is 10.0 Å². The molecular formula is C18H23N3O3S. The molecule has 1 unspecified atom stereocenters. The zero-order valence-corrected chi connectivity index (χ0v) is 15.4. The number of rotatable bonds is 7. The summed E-state index contributed by atoms with van der Waals surface area (Å²) < 4.78 is 24.8. The third-order valence-corrected chi connectivity index (χ3v) is 4.19. The summed E-state index contributed by atoms with van der Waals surface area (Å²) in [7, 11) is -1.53. The molecule has 0 fully saturated rings. The van der Waals surface area contributed by atoms with Crippen molar-refractivity contribution in [2.45, 2.75) is 19.5 Å². The lowest BCUT2D eigenvalue weighted by molar-refractivity contribution is -0.130.